The van der Waals surface area contributed by atoms with Gasteiger partial charge in [-0.15, -0.1) is 0 Å². The number of nitrogens with zero attached hydrogens (tertiary/aromatic N) is 2. The standard InChI is InChI=1S/C54H96N2O2/c1-9-11-29-57-45-31-37(5)53(38(6)32-45)55(43-21-13-35(3)14-22-43)49-27-19-41-18-26-48-50(28-20-42-17-25-47(49)51(41)52(42)48)56(44-23-15-36(4)16-24-44)54-39(7)33-46(34-40(54)8)58-30-12-10-2/h35-54H,9-34H2,1-8H3. The zero-order chi connectivity index (χ0) is 40.5. The minimum absolute atomic E-state index is 0.481. The lowest BCUT2D eigenvalue weighted by atomic mass is 9.46. The Balaban J connectivity index is 1.06. The Hall–Kier alpha value is -0.160. The molecule has 8 rings (SSSR count). The largest absolute Gasteiger partial charge is 0.378 e. The normalized spacial score (nSPS) is 48.5. The highest BCUT2D eigenvalue weighted by Crippen LogP contribution is 2.62. The van der Waals surface area contributed by atoms with Crippen molar-refractivity contribution in [1.82, 2.24) is 9.80 Å². The van der Waals surface area contributed by atoms with Gasteiger partial charge in [0.05, 0.1) is 12.2 Å². The van der Waals surface area contributed by atoms with Crippen molar-refractivity contribution in [3.05, 3.63) is 0 Å². The molecule has 0 aromatic carbocycles. The SMILES string of the molecule is CCCCOC1CC(C)C(N(C2CCC(C)CC2)C2CCC3CCC4C5C(CCC2C35)CCC4N(C2CCC(C)CC2)C2C(C)CC(OCCCC)CC2C)C(C)C1. The molecule has 0 spiro atoms. The number of rotatable bonds is 14. The zero-order valence-electron chi connectivity index (χ0n) is 39.6. The summed E-state index contributed by atoms with van der Waals surface area (Å²) in [6.07, 6.45) is 34.9. The zero-order valence-corrected chi connectivity index (χ0v) is 39.6. The Bertz CT molecular complexity index is 1120. The summed E-state index contributed by atoms with van der Waals surface area (Å²) in [5.74, 6) is 10.7. The lowest BCUT2D eigenvalue weighted by Crippen LogP contribution is -2.66. The molecule has 0 radical (unpaired) electrons. The molecule has 0 aromatic rings. The van der Waals surface area contributed by atoms with Crippen LogP contribution in [0, 0.1) is 71.0 Å². The van der Waals surface area contributed by atoms with Gasteiger partial charge in [0, 0.05) is 49.5 Å². The van der Waals surface area contributed by atoms with Crippen molar-refractivity contribution in [2.24, 2.45) is 71.0 Å². The second-order valence-corrected chi connectivity index (χ2v) is 23.7. The van der Waals surface area contributed by atoms with E-state index >= 15 is 0 Å². The molecule has 4 nitrogen and oxygen atoms in total. The number of unbranched alkanes of at least 4 members (excludes halogenated alkanes) is 2. The summed E-state index contributed by atoms with van der Waals surface area (Å²) in [6.45, 7) is 22.3. The number of hydrogen-bond acceptors (Lipinski definition) is 4. The van der Waals surface area contributed by atoms with Gasteiger partial charge in [0.25, 0.3) is 0 Å². The fourth-order valence-electron chi connectivity index (χ4n) is 17.3. The summed E-state index contributed by atoms with van der Waals surface area (Å²) in [6, 6.07) is 4.77. The van der Waals surface area contributed by atoms with Gasteiger partial charge in [-0.25, -0.2) is 0 Å². The molecule has 8 saturated carbocycles. The predicted octanol–water partition coefficient (Wildman–Crippen LogP) is 13.6. The molecule has 8 aliphatic rings. The van der Waals surface area contributed by atoms with Crippen LogP contribution in [0.4, 0.5) is 0 Å². The van der Waals surface area contributed by atoms with E-state index < -0.39 is 0 Å². The van der Waals surface area contributed by atoms with E-state index in [9.17, 15) is 0 Å². The molecule has 0 N–H and O–H groups in total. The molecule has 4 heteroatoms. The molecule has 0 bridgehead atoms. The summed E-state index contributed by atoms with van der Waals surface area (Å²) in [4.78, 5) is 6.77. The van der Waals surface area contributed by atoms with Gasteiger partial charge < -0.3 is 9.47 Å². The van der Waals surface area contributed by atoms with Crippen molar-refractivity contribution in [2.75, 3.05) is 13.2 Å². The van der Waals surface area contributed by atoms with E-state index in [1.165, 1.54) is 128 Å². The molecule has 0 aliphatic heterocycles. The first kappa shape index (κ1) is 44.4. The molecule has 8 aliphatic carbocycles. The van der Waals surface area contributed by atoms with Gasteiger partial charge in [0.2, 0.25) is 0 Å². The summed E-state index contributed by atoms with van der Waals surface area (Å²) in [5.41, 5.74) is 0. The van der Waals surface area contributed by atoms with Crippen LogP contribution in [0.3, 0.4) is 0 Å². The van der Waals surface area contributed by atoms with E-state index in [-0.39, 0.29) is 0 Å². The third-order valence-electron chi connectivity index (χ3n) is 19.8. The van der Waals surface area contributed by atoms with Crippen LogP contribution in [0.2, 0.25) is 0 Å². The second-order valence-electron chi connectivity index (χ2n) is 23.7. The Kier molecular flexibility index (Phi) is 15.4. The van der Waals surface area contributed by atoms with Crippen molar-refractivity contribution in [3.63, 3.8) is 0 Å². The molecule has 8 fully saturated rings. The fourth-order valence-corrected chi connectivity index (χ4v) is 17.3. The Morgan fingerprint density at radius 1 is 0.414 bits per heavy atom. The predicted molar refractivity (Wildman–Crippen MR) is 244 cm³/mol. The quantitative estimate of drug-likeness (QED) is 0.163. The first-order valence-corrected chi connectivity index (χ1v) is 26.9. The van der Waals surface area contributed by atoms with Crippen LogP contribution in [-0.2, 0) is 9.47 Å². The van der Waals surface area contributed by atoms with Crippen molar-refractivity contribution in [3.8, 4) is 0 Å². The van der Waals surface area contributed by atoms with E-state index in [1.54, 1.807) is 25.7 Å². The monoisotopic (exact) mass is 805 g/mol. The van der Waals surface area contributed by atoms with Gasteiger partial charge in [0.15, 0.2) is 0 Å². The van der Waals surface area contributed by atoms with Gasteiger partial charge in [-0.1, -0.05) is 68.2 Å². The van der Waals surface area contributed by atoms with Crippen LogP contribution >= 0.6 is 0 Å². The molecule has 12 atom stereocenters. The average Bonchev–Trinajstić information content (AvgIpc) is 3.21. The van der Waals surface area contributed by atoms with Crippen molar-refractivity contribution >= 4 is 0 Å². The summed E-state index contributed by atoms with van der Waals surface area (Å²) in [7, 11) is 0. The highest BCUT2D eigenvalue weighted by atomic mass is 16.5. The maximum atomic E-state index is 6.61. The Labute approximate surface area is 360 Å². The summed E-state index contributed by atoms with van der Waals surface area (Å²) in [5, 5.41) is 0. The van der Waals surface area contributed by atoms with Gasteiger partial charge in [-0.2, -0.15) is 0 Å². The van der Waals surface area contributed by atoms with Crippen molar-refractivity contribution in [2.45, 2.75) is 258 Å². The van der Waals surface area contributed by atoms with Crippen LogP contribution in [0.15, 0.2) is 0 Å². The molecule has 0 saturated heterocycles. The van der Waals surface area contributed by atoms with Gasteiger partial charge >= 0.3 is 0 Å². The third kappa shape index (κ3) is 9.37. The van der Waals surface area contributed by atoms with E-state index in [2.05, 4.69) is 65.2 Å². The molecule has 0 amide bonds. The molecule has 12 unspecified atom stereocenters. The topological polar surface area (TPSA) is 24.9 Å². The highest BCUT2D eigenvalue weighted by Gasteiger charge is 2.59. The molecular weight excluding hydrogens is 709 g/mol. The second kappa shape index (κ2) is 20.1. The van der Waals surface area contributed by atoms with Crippen molar-refractivity contribution in [1.29, 1.82) is 0 Å². The number of hydrogen-bond donors (Lipinski definition) is 0. The fraction of sp³-hybridized carbons (Fsp3) is 1.00. The van der Waals surface area contributed by atoms with Gasteiger partial charge in [0.1, 0.15) is 0 Å². The molecule has 334 valence electrons. The van der Waals surface area contributed by atoms with E-state index in [0.29, 0.717) is 12.2 Å². The minimum atomic E-state index is 0.481. The smallest absolute Gasteiger partial charge is 0.0581 e. The van der Waals surface area contributed by atoms with Crippen LogP contribution < -0.4 is 0 Å². The lowest BCUT2D eigenvalue weighted by molar-refractivity contribution is -0.164. The van der Waals surface area contributed by atoms with E-state index in [1.807, 2.05) is 0 Å². The first-order chi connectivity index (χ1) is 28.2. The first-order valence-electron chi connectivity index (χ1n) is 26.9. The molecule has 58 heavy (non-hydrogen) atoms. The van der Waals surface area contributed by atoms with Crippen LogP contribution in [0.5, 0.6) is 0 Å². The van der Waals surface area contributed by atoms with Crippen LogP contribution in [0.1, 0.15) is 209 Å². The third-order valence-corrected chi connectivity index (χ3v) is 19.8. The van der Waals surface area contributed by atoms with Crippen molar-refractivity contribution < 1.29 is 9.47 Å². The summed E-state index contributed by atoms with van der Waals surface area (Å²) < 4.78 is 13.2. The Morgan fingerprint density at radius 3 is 1.10 bits per heavy atom. The molecular formula is C54H96N2O2. The maximum absolute atomic E-state index is 6.61. The molecule has 0 aromatic heterocycles. The summed E-state index contributed by atoms with van der Waals surface area (Å²) >= 11 is 0. The average molecular weight is 805 g/mol. The molecule has 0 heterocycles. The minimum Gasteiger partial charge on any atom is -0.378 e. The highest BCUT2D eigenvalue weighted by molar-refractivity contribution is 5.11. The van der Waals surface area contributed by atoms with Gasteiger partial charge in [-0.3, -0.25) is 9.80 Å². The Morgan fingerprint density at radius 2 is 0.759 bits per heavy atom. The van der Waals surface area contributed by atoms with E-state index in [0.717, 1.165) is 120 Å². The van der Waals surface area contributed by atoms with Crippen LogP contribution in [0.25, 0.3) is 0 Å². The van der Waals surface area contributed by atoms with Gasteiger partial charge in [-0.05, 0) is 212 Å². The maximum Gasteiger partial charge on any atom is 0.0581 e. The van der Waals surface area contributed by atoms with E-state index in [4.69, 9.17) is 9.47 Å². The van der Waals surface area contributed by atoms with Crippen LogP contribution in [-0.4, -0.2) is 71.5 Å². The number of ether oxygens (including phenoxy) is 2. The lowest BCUT2D eigenvalue weighted by Gasteiger charge is -2.65.